The molecular weight excluding hydrogens is 258 g/mol. The molecule has 2 aromatic carbocycles. The van der Waals surface area contributed by atoms with Gasteiger partial charge in [0, 0.05) is 18.8 Å². The van der Waals surface area contributed by atoms with E-state index in [0.717, 1.165) is 11.1 Å². The molecule has 0 spiro atoms. The molecule has 1 atom stereocenters. The van der Waals surface area contributed by atoms with Gasteiger partial charge in [-0.25, -0.2) is 0 Å². The summed E-state index contributed by atoms with van der Waals surface area (Å²) in [6.07, 6.45) is 4.56. The van der Waals surface area contributed by atoms with Crippen molar-refractivity contribution in [1.82, 2.24) is 4.57 Å². The van der Waals surface area contributed by atoms with Gasteiger partial charge in [-0.2, -0.15) is 0 Å². The van der Waals surface area contributed by atoms with Gasteiger partial charge < -0.3 is 9.67 Å². The first kappa shape index (κ1) is 13.7. The molecule has 0 aliphatic rings. The molecule has 1 unspecified atom stereocenters. The summed E-state index contributed by atoms with van der Waals surface area (Å²) in [5.41, 5.74) is 1.17. The van der Waals surface area contributed by atoms with Crippen molar-refractivity contribution in [3.63, 3.8) is 0 Å². The molecule has 0 radical (unpaired) electrons. The number of benzene rings is 2. The lowest BCUT2D eigenvalue weighted by atomic mass is 9.87. The van der Waals surface area contributed by atoms with Crippen molar-refractivity contribution in [3.8, 4) is 0 Å². The molecule has 0 saturated carbocycles. The summed E-state index contributed by atoms with van der Waals surface area (Å²) >= 11 is 0. The largest absolute Gasteiger partial charge is 0.383 e. The molecule has 0 aliphatic carbocycles. The molecule has 0 bridgehead atoms. The summed E-state index contributed by atoms with van der Waals surface area (Å²) in [4.78, 5) is 0. The summed E-state index contributed by atoms with van der Waals surface area (Å²) in [5.74, 6) is 0. The molecule has 0 aliphatic heterocycles. The molecule has 0 amide bonds. The standard InChI is InChI=1S/C19H19NO/c21-19(16-20-13-7-8-14-20,18-11-5-2-6-12-18)15-17-9-3-1-4-10-17/h1-14,21H,15-16H2. The number of hydrogen-bond acceptors (Lipinski definition) is 1. The van der Waals surface area contributed by atoms with E-state index in [9.17, 15) is 5.11 Å². The van der Waals surface area contributed by atoms with Crippen LogP contribution in [0, 0.1) is 0 Å². The second-order valence-electron chi connectivity index (χ2n) is 5.42. The van der Waals surface area contributed by atoms with Crippen LogP contribution in [0.3, 0.4) is 0 Å². The van der Waals surface area contributed by atoms with E-state index in [1.54, 1.807) is 0 Å². The summed E-state index contributed by atoms with van der Waals surface area (Å²) in [6, 6.07) is 24.0. The fourth-order valence-electron chi connectivity index (χ4n) is 2.71. The smallest absolute Gasteiger partial charge is 0.111 e. The summed E-state index contributed by atoms with van der Waals surface area (Å²) in [6.45, 7) is 0.541. The third-order valence-electron chi connectivity index (χ3n) is 3.76. The molecule has 2 nitrogen and oxygen atoms in total. The van der Waals surface area contributed by atoms with E-state index in [0.29, 0.717) is 13.0 Å². The zero-order valence-electron chi connectivity index (χ0n) is 11.9. The molecule has 0 saturated heterocycles. The first-order valence-electron chi connectivity index (χ1n) is 7.19. The highest BCUT2D eigenvalue weighted by molar-refractivity contribution is 5.27. The van der Waals surface area contributed by atoms with Gasteiger partial charge in [-0.05, 0) is 23.3 Å². The lowest BCUT2D eigenvalue weighted by Crippen LogP contribution is -2.33. The van der Waals surface area contributed by atoms with Crippen molar-refractivity contribution in [2.75, 3.05) is 0 Å². The minimum atomic E-state index is -0.915. The second kappa shape index (κ2) is 5.98. The predicted molar refractivity (Wildman–Crippen MR) is 84.9 cm³/mol. The van der Waals surface area contributed by atoms with E-state index in [2.05, 4.69) is 12.1 Å². The summed E-state index contributed by atoms with van der Waals surface area (Å²) in [5, 5.41) is 11.3. The van der Waals surface area contributed by atoms with E-state index in [1.165, 1.54) is 0 Å². The summed E-state index contributed by atoms with van der Waals surface area (Å²) in [7, 11) is 0. The first-order valence-corrected chi connectivity index (χ1v) is 7.19. The Balaban J connectivity index is 1.94. The maximum absolute atomic E-state index is 11.3. The molecule has 1 N–H and O–H groups in total. The molecule has 21 heavy (non-hydrogen) atoms. The van der Waals surface area contributed by atoms with Gasteiger partial charge in [-0.3, -0.25) is 0 Å². The predicted octanol–water partition coefficient (Wildman–Crippen LogP) is 3.62. The van der Waals surface area contributed by atoms with Crippen LogP contribution in [0.4, 0.5) is 0 Å². The molecule has 2 heteroatoms. The molecule has 0 fully saturated rings. The van der Waals surface area contributed by atoms with Gasteiger partial charge >= 0.3 is 0 Å². The lowest BCUT2D eigenvalue weighted by molar-refractivity contribution is 0.0187. The van der Waals surface area contributed by atoms with Crippen LogP contribution < -0.4 is 0 Å². The minimum Gasteiger partial charge on any atom is -0.383 e. The number of nitrogens with zero attached hydrogens (tertiary/aromatic N) is 1. The lowest BCUT2D eigenvalue weighted by Gasteiger charge is -2.29. The normalized spacial score (nSPS) is 13.8. The van der Waals surface area contributed by atoms with Crippen molar-refractivity contribution in [2.45, 2.75) is 18.6 Å². The maximum atomic E-state index is 11.3. The number of aliphatic hydroxyl groups is 1. The van der Waals surface area contributed by atoms with Crippen molar-refractivity contribution >= 4 is 0 Å². The highest BCUT2D eigenvalue weighted by atomic mass is 16.3. The van der Waals surface area contributed by atoms with Crippen LogP contribution in [0.25, 0.3) is 0 Å². The zero-order valence-corrected chi connectivity index (χ0v) is 11.9. The third kappa shape index (κ3) is 3.23. The van der Waals surface area contributed by atoms with Gasteiger partial charge in [-0.1, -0.05) is 60.7 Å². The van der Waals surface area contributed by atoms with E-state index < -0.39 is 5.60 Å². The van der Waals surface area contributed by atoms with E-state index in [4.69, 9.17) is 0 Å². The quantitative estimate of drug-likeness (QED) is 0.757. The van der Waals surface area contributed by atoms with Gasteiger partial charge in [0.1, 0.15) is 5.60 Å². The highest BCUT2D eigenvalue weighted by Gasteiger charge is 2.29. The van der Waals surface area contributed by atoms with E-state index in [-0.39, 0.29) is 0 Å². The van der Waals surface area contributed by atoms with E-state index >= 15 is 0 Å². The minimum absolute atomic E-state index is 0.541. The molecule has 1 heterocycles. The topological polar surface area (TPSA) is 25.2 Å². The Kier molecular flexibility index (Phi) is 3.89. The Morgan fingerprint density at radius 1 is 0.762 bits per heavy atom. The average Bonchev–Trinajstić information content (AvgIpc) is 3.02. The van der Waals surface area contributed by atoms with Gasteiger partial charge in [-0.15, -0.1) is 0 Å². The number of hydrogen-bond donors (Lipinski definition) is 1. The number of aromatic nitrogens is 1. The molecule has 3 aromatic rings. The van der Waals surface area contributed by atoms with Crippen molar-refractivity contribution in [1.29, 1.82) is 0 Å². The highest BCUT2D eigenvalue weighted by Crippen LogP contribution is 2.28. The Morgan fingerprint density at radius 3 is 1.95 bits per heavy atom. The Hall–Kier alpha value is -2.32. The maximum Gasteiger partial charge on any atom is 0.111 e. The van der Waals surface area contributed by atoms with Crippen LogP contribution in [-0.4, -0.2) is 9.67 Å². The Bertz CT molecular complexity index is 661. The van der Waals surface area contributed by atoms with Crippen molar-refractivity contribution in [2.24, 2.45) is 0 Å². The third-order valence-corrected chi connectivity index (χ3v) is 3.76. The van der Waals surface area contributed by atoms with Gasteiger partial charge in [0.15, 0.2) is 0 Å². The average molecular weight is 277 g/mol. The molecule has 3 rings (SSSR count). The van der Waals surface area contributed by atoms with Crippen LogP contribution in [-0.2, 0) is 18.6 Å². The fourth-order valence-corrected chi connectivity index (χ4v) is 2.71. The van der Waals surface area contributed by atoms with Crippen LogP contribution >= 0.6 is 0 Å². The van der Waals surface area contributed by atoms with Crippen LogP contribution in [0.5, 0.6) is 0 Å². The summed E-state index contributed by atoms with van der Waals surface area (Å²) < 4.78 is 2.02. The van der Waals surface area contributed by atoms with Gasteiger partial charge in [0.05, 0.1) is 6.54 Å². The molecule has 1 aromatic heterocycles. The SMILES string of the molecule is OC(Cc1ccccc1)(Cn1cccc1)c1ccccc1. The second-order valence-corrected chi connectivity index (χ2v) is 5.42. The van der Waals surface area contributed by atoms with Gasteiger partial charge in [0.25, 0.3) is 0 Å². The molecule has 106 valence electrons. The Labute approximate surface area is 125 Å². The fraction of sp³-hybridized carbons (Fsp3) is 0.158. The first-order chi connectivity index (χ1) is 10.3. The number of rotatable bonds is 5. The van der Waals surface area contributed by atoms with Gasteiger partial charge in [0.2, 0.25) is 0 Å². The van der Waals surface area contributed by atoms with Crippen molar-refractivity contribution in [3.05, 3.63) is 96.3 Å². The van der Waals surface area contributed by atoms with Crippen molar-refractivity contribution < 1.29 is 5.11 Å². The molecular formula is C19H19NO. The van der Waals surface area contributed by atoms with E-state index in [1.807, 2.05) is 77.6 Å². The Morgan fingerprint density at radius 2 is 1.33 bits per heavy atom. The zero-order chi connectivity index (χ0) is 14.5. The van der Waals surface area contributed by atoms with Crippen LogP contribution in [0.1, 0.15) is 11.1 Å². The van der Waals surface area contributed by atoms with Crippen LogP contribution in [0.2, 0.25) is 0 Å². The van der Waals surface area contributed by atoms with Crippen LogP contribution in [0.15, 0.2) is 85.2 Å². The monoisotopic (exact) mass is 277 g/mol.